The molecule has 0 unspecified atom stereocenters. The number of benzene rings is 1. The standard InChI is InChI=1S/C6HF5.2C5H5.Ti/c7-2-1-3(8)5(10)6(11)4(2)9;2*1-2-4-5-3-1;/h1H;2*1-5H;/q;2*-1;+2. The van der Waals surface area contributed by atoms with E-state index in [1.54, 1.807) is 0 Å². The molecular formula is C16H11F5Ti. The predicted molar refractivity (Wildman–Crippen MR) is 70.3 cm³/mol. The zero-order chi connectivity index (χ0) is 15.7. The molecule has 0 nitrogen and oxygen atoms in total. The first-order chi connectivity index (χ1) is 10.0. The van der Waals surface area contributed by atoms with Crippen LogP contribution in [0.3, 0.4) is 0 Å². The van der Waals surface area contributed by atoms with Crippen LogP contribution in [0.5, 0.6) is 0 Å². The molecule has 0 aliphatic rings. The minimum Gasteiger partial charge on any atom is -0.214 e. The molecule has 22 heavy (non-hydrogen) atoms. The Kier molecular flexibility index (Phi) is 10.1. The number of hydrogen-bond acceptors (Lipinski definition) is 0. The van der Waals surface area contributed by atoms with E-state index in [1.807, 2.05) is 60.7 Å². The van der Waals surface area contributed by atoms with Crippen molar-refractivity contribution >= 4 is 0 Å². The first-order valence-corrected chi connectivity index (χ1v) is 5.86. The summed E-state index contributed by atoms with van der Waals surface area (Å²) in [5.74, 6) is -9.65. The van der Waals surface area contributed by atoms with Crippen molar-refractivity contribution in [2.24, 2.45) is 0 Å². The van der Waals surface area contributed by atoms with Gasteiger partial charge in [-0.1, -0.05) is 0 Å². The Labute approximate surface area is 139 Å². The Morgan fingerprint density at radius 2 is 0.864 bits per heavy atom. The maximum Gasteiger partial charge on any atom is 2.00 e. The molecule has 0 aliphatic carbocycles. The van der Waals surface area contributed by atoms with Gasteiger partial charge in [-0.05, 0) is 0 Å². The van der Waals surface area contributed by atoms with Crippen molar-refractivity contribution in [3.63, 3.8) is 0 Å². The molecule has 0 saturated heterocycles. The summed E-state index contributed by atoms with van der Waals surface area (Å²) in [7, 11) is 0. The van der Waals surface area contributed by atoms with E-state index in [2.05, 4.69) is 0 Å². The molecule has 0 aliphatic heterocycles. The fourth-order valence-corrected chi connectivity index (χ4v) is 1.19. The molecule has 114 valence electrons. The molecule has 0 bridgehead atoms. The maximum absolute atomic E-state index is 12.0. The van der Waals surface area contributed by atoms with Crippen LogP contribution in [0.2, 0.25) is 0 Å². The summed E-state index contributed by atoms with van der Waals surface area (Å²) >= 11 is 0. The Morgan fingerprint density at radius 1 is 0.545 bits per heavy atom. The molecule has 0 heterocycles. The van der Waals surface area contributed by atoms with Crippen molar-refractivity contribution in [3.8, 4) is 0 Å². The van der Waals surface area contributed by atoms with Gasteiger partial charge in [0.15, 0.2) is 23.3 Å². The normalized spacial score (nSPS) is 8.77. The van der Waals surface area contributed by atoms with E-state index in [4.69, 9.17) is 0 Å². The van der Waals surface area contributed by atoms with Crippen LogP contribution < -0.4 is 0 Å². The van der Waals surface area contributed by atoms with Crippen LogP contribution in [0.4, 0.5) is 22.0 Å². The average Bonchev–Trinajstić information content (AvgIpc) is 3.20. The number of rotatable bonds is 0. The third-order valence-corrected chi connectivity index (χ3v) is 2.17. The fraction of sp³-hybridized carbons (Fsp3) is 0. The monoisotopic (exact) mass is 346 g/mol. The van der Waals surface area contributed by atoms with Crippen LogP contribution in [0.15, 0.2) is 66.7 Å². The number of hydrogen-bond donors (Lipinski definition) is 0. The van der Waals surface area contributed by atoms with Gasteiger partial charge in [0.2, 0.25) is 5.82 Å². The van der Waals surface area contributed by atoms with E-state index in [-0.39, 0.29) is 27.8 Å². The van der Waals surface area contributed by atoms with E-state index < -0.39 is 29.1 Å². The van der Waals surface area contributed by atoms with Crippen LogP contribution in [0.25, 0.3) is 0 Å². The van der Waals surface area contributed by atoms with E-state index in [0.29, 0.717) is 0 Å². The van der Waals surface area contributed by atoms with Crippen molar-refractivity contribution < 1.29 is 43.7 Å². The summed E-state index contributed by atoms with van der Waals surface area (Å²) in [6, 6.07) is 19.9. The number of halogens is 5. The molecule has 3 rings (SSSR count). The fourth-order valence-electron chi connectivity index (χ4n) is 1.19. The van der Waals surface area contributed by atoms with Crippen molar-refractivity contribution in [2.45, 2.75) is 0 Å². The largest absolute Gasteiger partial charge is 2.00 e. The van der Waals surface area contributed by atoms with Gasteiger partial charge in [-0.15, -0.1) is 0 Å². The molecule has 0 aromatic heterocycles. The van der Waals surface area contributed by atoms with Crippen LogP contribution in [-0.2, 0) is 21.7 Å². The molecule has 3 aromatic carbocycles. The molecule has 0 amide bonds. The quantitative estimate of drug-likeness (QED) is 0.173. The second kappa shape index (κ2) is 10.9. The van der Waals surface area contributed by atoms with Gasteiger partial charge in [0.1, 0.15) is 0 Å². The Morgan fingerprint density at radius 3 is 1.09 bits per heavy atom. The van der Waals surface area contributed by atoms with Gasteiger partial charge in [-0.2, -0.15) is 36.4 Å². The van der Waals surface area contributed by atoms with Gasteiger partial charge < -0.3 is 0 Å². The Bertz CT molecular complexity index is 532. The zero-order valence-corrected chi connectivity index (χ0v) is 12.8. The predicted octanol–water partition coefficient (Wildman–Crippen LogP) is 5.19. The van der Waals surface area contributed by atoms with Crippen molar-refractivity contribution in [1.29, 1.82) is 0 Å². The molecule has 6 heteroatoms. The molecule has 0 saturated carbocycles. The van der Waals surface area contributed by atoms with Gasteiger partial charge >= 0.3 is 21.7 Å². The second-order valence-corrected chi connectivity index (χ2v) is 3.71. The molecule has 3 aromatic rings. The molecule has 0 atom stereocenters. The molecule has 0 fully saturated rings. The topological polar surface area (TPSA) is 0 Å². The summed E-state index contributed by atoms with van der Waals surface area (Å²) in [4.78, 5) is 0. The van der Waals surface area contributed by atoms with Crippen LogP contribution in [0.1, 0.15) is 0 Å². The van der Waals surface area contributed by atoms with Gasteiger partial charge in [0, 0.05) is 6.07 Å². The van der Waals surface area contributed by atoms with Crippen LogP contribution in [0, 0.1) is 29.1 Å². The van der Waals surface area contributed by atoms with Crippen LogP contribution in [-0.4, -0.2) is 0 Å². The summed E-state index contributed by atoms with van der Waals surface area (Å²) in [6.45, 7) is 0. The molecule has 0 N–H and O–H groups in total. The summed E-state index contributed by atoms with van der Waals surface area (Å²) in [6.07, 6.45) is 0. The van der Waals surface area contributed by atoms with Gasteiger partial charge in [-0.3, -0.25) is 0 Å². The van der Waals surface area contributed by atoms with Crippen molar-refractivity contribution in [3.05, 3.63) is 95.8 Å². The van der Waals surface area contributed by atoms with E-state index in [9.17, 15) is 22.0 Å². The Balaban J connectivity index is 0.000000334. The van der Waals surface area contributed by atoms with Gasteiger partial charge in [0.05, 0.1) is 0 Å². The maximum atomic E-state index is 12.0. The van der Waals surface area contributed by atoms with Crippen molar-refractivity contribution in [1.82, 2.24) is 0 Å². The van der Waals surface area contributed by atoms with E-state index in [0.717, 1.165) is 0 Å². The van der Waals surface area contributed by atoms with Gasteiger partial charge in [-0.25, -0.2) is 46.2 Å². The zero-order valence-electron chi connectivity index (χ0n) is 11.2. The summed E-state index contributed by atoms with van der Waals surface area (Å²) < 4.78 is 60.0. The first-order valence-electron chi connectivity index (χ1n) is 5.86. The first kappa shape index (κ1) is 20.3. The SMILES string of the molecule is Fc1cc(F)c(F)c(F)c1F.[Ti+2].c1cc[cH-]c1.c1cc[cH-]c1. The minimum atomic E-state index is -2.14. The third-order valence-electron chi connectivity index (χ3n) is 2.17. The minimum absolute atomic E-state index is 0. The molecular weight excluding hydrogens is 335 g/mol. The molecule has 0 spiro atoms. The second-order valence-electron chi connectivity index (χ2n) is 3.71. The smallest absolute Gasteiger partial charge is 0.214 e. The van der Waals surface area contributed by atoms with Crippen molar-refractivity contribution in [2.75, 3.05) is 0 Å². The molecule has 0 radical (unpaired) electrons. The summed E-state index contributed by atoms with van der Waals surface area (Å²) in [5, 5.41) is 0. The summed E-state index contributed by atoms with van der Waals surface area (Å²) in [5.41, 5.74) is 0. The third kappa shape index (κ3) is 6.83. The van der Waals surface area contributed by atoms with E-state index >= 15 is 0 Å². The van der Waals surface area contributed by atoms with E-state index in [1.165, 1.54) is 0 Å². The van der Waals surface area contributed by atoms with Crippen LogP contribution >= 0.6 is 0 Å². The average molecular weight is 346 g/mol. The van der Waals surface area contributed by atoms with Gasteiger partial charge in [0.25, 0.3) is 0 Å². The Hall–Kier alpha value is -1.72.